The predicted molar refractivity (Wildman–Crippen MR) is 96.2 cm³/mol. The van der Waals surface area contributed by atoms with Gasteiger partial charge < -0.3 is 10.1 Å². The summed E-state index contributed by atoms with van der Waals surface area (Å²) in [6, 6.07) is 10.6. The third-order valence-electron chi connectivity index (χ3n) is 3.07. The van der Waals surface area contributed by atoms with E-state index in [4.69, 9.17) is 4.74 Å². The third kappa shape index (κ3) is 4.07. The fourth-order valence-electron chi connectivity index (χ4n) is 2.02. The number of nitrogens with one attached hydrogen (secondary N) is 1. The van der Waals surface area contributed by atoms with Crippen molar-refractivity contribution in [2.75, 3.05) is 11.9 Å². The van der Waals surface area contributed by atoms with Crippen LogP contribution in [-0.4, -0.2) is 23.4 Å². The maximum Gasteiger partial charge on any atom is 0.340 e. The first-order valence-corrected chi connectivity index (χ1v) is 8.03. The molecule has 24 heavy (non-hydrogen) atoms. The van der Waals surface area contributed by atoms with Crippen LogP contribution in [0.2, 0.25) is 0 Å². The van der Waals surface area contributed by atoms with E-state index in [9.17, 15) is 19.7 Å². The molecule has 0 aromatic heterocycles. The molecule has 0 saturated heterocycles. The Bertz CT molecular complexity index is 807. The summed E-state index contributed by atoms with van der Waals surface area (Å²) < 4.78 is 5.58. The minimum Gasteiger partial charge on any atom is -0.462 e. The number of nitrogens with zero attached hydrogens (tertiary/aromatic N) is 1. The van der Waals surface area contributed by atoms with Gasteiger partial charge in [0.25, 0.3) is 11.6 Å². The lowest BCUT2D eigenvalue weighted by Gasteiger charge is -2.10. The number of benzene rings is 2. The highest BCUT2D eigenvalue weighted by molar-refractivity contribution is 14.1. The first-order valence-electron chi connectivity index (χ1n) is 6.95. The highest BCUT2D eigenvalue weighted by Gasteiger charge is 2.22. The Morgan fingerprint density at radius 1 is 1.21 bits per heavy atom. The van der Waals surface area contributed by atoms with Gasteiger partial charge in [0.2, 0.25) is 0 Å². The van der Waals surface area contributed by atoms with E-state index in [-0.39, 0.29) is 29.1 Å². The number of carbonyl (C=O) groups excluding carboxylic acids is 2. The second kappa shape index (κ2) is 7.86. The monoisotopic (exact) mass is 440 g/mol. The van der Waals surface area contributed by atoms with Crippen LogP contribution in [0.3, 0.4) is 0 Å². The molecule has 0 bridgehead atoms. The molecule has 0 aliphatic heterocycles. The van der Waals surface area contributed by atoms with Crippen LogP contribution in [0.15, 0.2) is 42.5 Å². The molecule has 0 heterocycles. The second-order valence-electron chi connectivity index (χ2n) is 4.64. The highest BCUT2D eigenvalue weighted by atomic mass is 127. The number of rotatable bonds is 5. The Kier molecular flexibility index (Phi) is 5.85. The van der Waals surface area contributed by atoms with Gasteiger partial charge in [-0.15, -0.1) is 0 Å². The Labute approximate surface area is 151 Å². The van der Waals surface area contributed by atoms with Gasteiger partial charge in [-0.3, -0.25) is 14.9 Å². The molecule has 7 nitrogen and oxygen atoms in total. The zero-order chi connectivity index (χ0) is 17.7. The molecule has 0 unspecified atom stereocenters. The molecular weight excluding hydrogens is 427 g/mol. The van der Waals surface area contributed by atoms with Crippen LogP contribution < -0.4 is 5.32 Å². The molecular formula is C16H13IN2O5. The summed E-state index contributed by atoms with van der Waals surface area (Å²) in [7, 11) is 0. The van der Waals surface area contributed by atoms with Gasteiger partial charge in [-0.2, -0.15) is 0 Å². The van der Waals surface area contributed by atoms with Crippen molar-refractivity contribution in [2.24, 2.45) is 0 Å². The van der Waals surface area contributed by atoms with Crippen LogP contribution in [0.5, 0.6) is 0 Å². The first-order chi connectivity index (χ1) is 11.4. The van der Waals surface area contributed by atoms with Crippen molar-refractivity contribution >= 4 is 45.8 Å². The van der Waals surface area contributed by atoms with E-state index >= 15 is 0 Å². The Balaban J connectivity index is 2.35. The fraction of sp³-hybridized carbons (Fsp3) is 0.125. The number of esters is 1. The Morgan fingerprint density at radius 2 is 1.92 bits per heavy atom. The lowest BCUT2D eigenvalue weighted by molar-refractivity contribution is -0.385. The van der Waals surface area contributed by atoms with Crippen LogP contribution >= 0.6 is 22.6 Å². The van der Waals surface area contributed by atoms with Crippen LogP contribution in [0, 0.1) is 13.7 Å². The number of nitro benzene ring substituents is 1. The molecule has 0 fully saturated rings. The summed E-state index contributed by atoms with van der Waals surface area (Å²) in [5.41, 5.74) is 0.0294. The number of amides is 1. The van der Waals surface area contributed by atoms with Crippen molar-refractivity contribution in [1.82, 2.24) is 0 Å². The first kappa shape index (κ1) is 17.9. The van der Waals surface area contributed by atoms with E-state index in [0.717, 1.165) is 0 Å². The molecule has 8 heteroatoms. The van der Waals surface area contributed by atoms with E-state index in [1.807, 2.05) is 22.6 Å². The minimum atomic E-state index is -0.671. The molecule has 1 amide bonds. The van der Waals surface area contributed by atoms with E-state index < -0.39 is 16.8 Å². The molecule has 1 N–H and O–H groups in total. The highest BCUT2D eigenvalue weighted by Crippen LogP contribution is 2.24. The average molecular weight is 440 g/mol. The van der Waals surface area contributed by atoms with Crippen LogP contribution in [0.1, 0.15) is 27.6 Å². The molecule has 0 atom stereocenters. The fourth-order valence-corrected chi connectivity index (χ4v) is 2.49. The standard InChI is InChI=1S/C16H13IN2O5/c1-2-24-16(21)11-5-3-4-6-13(11)18-15(20)12-8-7-10(17)9-14(12)19(22)23/h3-9H,2H2,1H3,(H,18,20). The number of nitro groups is 1. The molecule has 0 aliphatic carbocycles. The molecule has 0 aliphatic rings. The predicted octanol–water partition coefficient (Wildman–Crippen LogP) is 3.63. The summed E-state index contributed by atoms with van der Waals surface area (Å²) in [4.78, 5) is 34.9. The number of anilines is 1. The normalized spacial score (nSPS) is 10.1. The molecule has 124 valence electrons. The van der Waals surface area contributed by atoms with Crippen molar-refractivity contribution in [3.05, 3.63) is 67.3 Å². The Morgan fingerprint density at radius 3 is 2.58 bits per heavy atom. The van der Waals surface area contributed by atoms with E-state index in [1.165, 1.54) is 24.3 Å². The zero-order valence-corrected chi connectivity index (χ0v) is 14.8. The van der Waals surface area contributed by atoms with Gasteiger partial charge in [0.1, 0.15) is 5.56 Å². The van der Waals surface area contributed by atoms with Gasteiger partial charge in [-0.25, -0.2) is 4.79 Å². The molecule has 0 saturated carbocycles. The molecule has 2 aromatic rings. The number of halogens is 1. The lowest BCUT2D eigenvalue weighted by atomic mass is 10.1. The maximum atomic E-state index is 12.4. The molecule has 2 aromatic carbocycles. The minimum absolute atomic E-state index is 0.0842. The topological polar surface area (TPSA) is 98.5 Å². The summed E-state index contributed by atoms with van der Waals surface area (Å²) in [5, 5.41) is 13.7. The summed E-state index contributed by atoms with van der Waals surface area (Å²) in [6.07, 6.45) is 0. The van der Waals surface area contributed by atoms with Crippen LogP contribution in [0.25, 0.3) is 0 Å². The molecule has 2 rings (SSSR count). The van der Waals surface area contributed by atoms with Crippen molar-refractivity contribution < 1.29 is 19.2 Å². The number of hydrogen-bond donors (Lipinski definition) is 1. The van der Waals surface area contributed by atoms with Crippen molar-refractivity contribution in [3.63, 3.8) is 0 Å². The van der Waals surface area contributed by atoms with Gasteiger partial charge in [0, 0.05) is 9.64 Å². The van der Waals surface area contributed by atoms with Crippen molar-refractivity contribution in [2.45, 2.75) is 6.92 Å². The maximum absolute atomic E-state index is 12.4. The number of para-hydroxylation sites is 1. The summed E-state index contributed by atoms with van der Waals surface area (Å²) in [6.45, 7) is 1.87. The molecule has 0 spiro atoms. The van der Waals surface area contributed by atoms with Gasteiger partial charge in [0.15, 0.2) is 0 Å². The van der Waals surface area contributed by atoms with Gasteiger partial charge in [-0.1, -0.05) is 12.1 Å². The quantitative estimate of drug-likeness (QED) is 0.332. The second-order valence-corrected chi connectivity index (χ2v) is 5.88. The van der Waals surface area contributed by atoms with Gasteiger partial charge in [0.05, 0.1) is 22.8 Å². The van der Waals surface area contributed by atoms with E-state index in [2.05, 4.69) is 5.32 Å². The van der Waals surface area contributed by atoms with Crippen LogP contribution in [0.4, 0.5) is 11.4 Å². The zero-order valence-electron chi connectivity index (χ0n) is 12.6. The SMILES string of the molecule is CCOC(=O)c1ccccc1NC(=O)c1ccc(I)cc1[N+](=O)[O-]. The van der Waals surface area contributed by atoms with E-state index in [0.29, 0.717) is 3.57 Å². The lowest BCUT2D eigenvalue weighted by Crippen LogP contribution is -2.17. The van der Waals surface area contributed by atoms with Gasteiger partial charge >= 0.3 is 5.97 Å². The smallest absolute Gasteiger partial charge is 0.340 e. The largest absolute Gasteiger partial charge is 0.462 e. The third-order valence-corrected chi connectivity index (χ3v) is 3.74. The number of ether oxygens (including phenoxy) is 1. The van der Waals surface area contributed by atoms with Crippen molar-refractivity contribution in [3.8, 4) is 0 Å². The summed E-state index contributed by atoms with van der Waals surface area (Å²) >= 11 is 1.93. The summed E-state index contributed by atoms with van der Waals surface area (Å²) in [5.74, 6) is -1.25. The van der Waals surface area contributed by atoms with Crippen LogP contribution in [-0.2, 0) is 4.74 Å². The van der Waals surface area contributed by atoms with Gasteiger partial charge in [-0.05, 0) is 53.8 Å². The molecule has 0 radical (unpaired) electrons. The Hall–Kier alpha value is -2.49. The number of hydrogen-bond acceptors (Lipinski definition) is 5. The number of carbonyl (C=O) groups is 2. The van der Waals surface area contributed by atoms with E-state index in [1.54, 1.807) is 25.1 Å². The average Bonchev–Trinajstić information content (AvgIpc) is 2.55. The van der Waals surface area contributed by atoms with Crippen molar-refractivity contribution in [1.29, 1.82) is 0 Å².